The van der Waals surface area contributed by atoms with Crippen LogP contribution in [0.4, 0.5) is 0 Å². The lowest BCUT2D eigenvalue weighted by Gasteiger charge is -2.21. The number of rotatable bonds is 4. The molecule has 1 aromatic carbocycles. The molecule has 6 nitrogen and oxygen atoms in total. The first kappa shape index (κ1) is 16.1. The van der Waals surface area contributed by atoms with Crippen molar-refractivity contribution in [2.75, 3.05) is 0 Å². The molecule has 0 unspecified atom stereocenters. The van der Waals surface area contributed by atoms with Gasteiger partial charge in [-0.25, -0.2) is 0 Å². The summed E-state index contributed by atoms with van der Waals surface area (Å²) in [5, 5.41) is 0.942. The second kappa shape index (κ2) is 5.86. The number of ether oxygens (including phenoxy) is 1. The summed E-state index contributed by atoms with van der Waals surface area (Å²) < 4.78 is 5.60. The highest BCUT2D eigenvalue weighted by Crippen LogP contribution is 2.55. The highest BCUT2D eigenvalue weighted by molar-refractivity contribution is 6.07. The van der Waals surface area contributed by atoms with Gasteiger partial charge in [0.2, 0.25) is 0 Å². The largest absolute Gasteiger partial charge is 0.481 e. The number of benzene rings is 1. The van der Waals surface area contributed by atoms with Crippen LogP contribution in [0.3, 0.4) is 0 Å². The van der Waals surface area contributed by atoms with E-state index in [0.29, 0.717) is 17.6 Å². The van der Waals surface area contributed by atoms with Crippen molar-refractivity contribution in [3.8, 4) is 5.75 Å². The molecule has 6 heteroatoms. The molecule has 3 fully saturated rings. The summed E-state index contributed by atoms with van der Waals surface area (Å²) in [6.45, 7) is 3.57. The van der Waals surface area contributed by atoms with Gasteiger partial charge in [-0.1, -0.05) is 17.7 Å². The van der Waals surface area contributed by atoms with Crippen LogP contribution in [0, 0.1) is 30.6 Å². The Hall–Kier alpha value is -2.37. The van der Waals surface area contributed by atoms with Crippen LogP contribution in [0.1, 0.15) is 31.7 Å². The first-order valence-electron chi connectivity index (χ1n) is 8.87. The van der Waals surface area contributed by atoms with E-state index < -0.39 is 12.0 Å². The van der Waals surface area contributed by atoms with E-state index in [1.807, 2.05) is 19.1 Å². The number of hydrogen-bond donors (Lipinski definition) is 1. The number of hydrazine groups is 1. The number of fused-ring (bicyclic) bond motifs is 5. The third kappa shape index (κ3) is 2.60. The molecule has 2 bridgehead atoms. The number of amides is 3. The van der Waals surface area contributed by atoms with Crippen LogP contribution in [0.2, 0.25) is 0 Å². The molecule has 1 saturated heterocycles. The quantitative estimate of drug-likeness (QED) is 0.847. The molecule has 1 aliphatic heterocycles. The fraction of sp³-hybridized carbons (Fsp3) is 0.526. The van der Waals surface area contributed by atoms with Crippen LogP contribution >= 0.6 is 0 Å². The van der Waals surface area contributed by atoms with Gasteiger partial charge in [0, 0.05) is 0 Å². The molecular weight excluding hydrogens is 320 g/mol. The third-order valence-corrected chi connectivity index (χ3v) is 5.85. The molecule has 0 radical (unpaired) electrons. The summed E-state index contributed by atoms with van der Waals surface area (Å²) in [7, 11) is 0. The Morgan fingerprint density at radius 1 is 1.12 bits per heavy atom. The summed E-state index contributed by atoms with van der Waals surface area (Å²) in [6.07, 6.45) is 2.20. The number of nitrogens with zero attached hydrogens (tertiary/aromatic N) is 1. The number of imide groups is 1. The zero-order valence-electron chi connectivity index (χ0n) is 14.4. The SMILES string of the molecule is Cc1ccc(O[C@H](C)C(=O)NN2C(=O)[C@H]3[C@@H]4CC[C@@H](C4)[C@@H]3C2=O)cc1. The Morgan fingerprint density at radius 3 is 2.24 bits per heavy atom. The second-order valence-electron chi connectivity index (χ2n) is 7.45. The van der Waals surface area contributed by atoms with Crippen molar-refractivity contribution in [3.05, 3.63) is 29.8 Å². The van der Waals surface area contributed by atoms with Gasteiger partial charge in [-0.15, -0.1) is 0 Å². The first-order valence-corrected chi connectivity index (χ1v) is 8.87. The topological polar surface area (TPSA) is 75.7 Å². The standard InChI is InChI=1S/C19H22N2O4/c1-10-3-7-14(8-4-10)25-11(2)17(22)20-21-18(23)15-12-5-6-13(9-12)16(15)19(21)24/h3-4,7-8,11-13,15-16H,5-6,9H2,1-2H3,(H,20,22)/t11-,12-,13+,15+,16+/m1/s1. The summed E-state index contributed by atoms with van der Waals surface area (Å²) in [5.41, 5.74) is 3.57. The maximum absolute atomic E-state index is 12.6. The zero-order chi connectivity index (χ0) is 17.7. The molecule has 4 rings (SSSR count). The first-order chi connectivity index (χ1) is 12.0. The van der Waals surface area contributed by atoms with Gasteiger partial charge in [-0.2, -0.15) is 5.01 Å². The summed E-state index contributed by atoms with van der Waals surface area (Å²) >= 11 is 0. The Bertz CT molecular complexity index is 701. The number of aryl methyl sites for hydroxylation is 1. The lowest BCUT2D eigenvalue weighted by molar-refractivity contribution is -0.151. The summed E-state index contributed by atoms with van der Waals surface area (Å²) in [5.74, 6) is -0.295. The van der Waals surface area contributed by atoms with Crippen molar-refractivity contribution in [2.45, 2.75) is 39.2 Å². The van der Waals surface area contributed by atoms with E-state index in [1.165, 1.54) is 0 Å². The second-order valence-corrected chi connectivity index (χ2v) is 7.45. The molecule has 2 saturated carbocycles. The van der Waals surface area contributed by atoms with E-state index in [4.69, 9.17) is 4.74 Å². The molecule has 25 heavy (non-hydrogen) atoms. The average Bonchev–Trinajstić information content (AvgIpc) is 3.26. The van der Waals surface area contributed by atoms with E-state index in [2.05, 4.69) is 5.43 Å². The predicted octanol–water partition coefficient (Wildman–Crippen LogP) is 1.82. The number of nitrogens with one attached hydrogen (secondary N) is 1. The van der Waals surface area contributed by atoms with Crippen LogP contribution in [-0.2, 0) is 14.4 Å². The van der Waals surface area contributed by atoms with E-state index in [9.17, 15) is 14.4 Å². The number of carbonyl (C=O) groups is 3. The normalized spacial score (nSPS) is 31.2. The minimum absolute atomic E-state index is 0.236. The van der Waals surface area contributed by atoms with Gasteiger partial charge >= 0.3 is 0 Å². The van der Waals surface area contributed by atoms with Gasteiger partial charge in [-0.3, -0.25) is 19.8 Å². The molecule has 0 aromatic heterocycles. The fourth-order valence-corrected chi connectivity index (χ4v) is 4.59. The Balaban J connectivity index is 1.41. The van der Waals surface area contributed by atoms with Crippen molar-refractivity contribution in [1.29, 1.82) is 0 Å². The zero-order valence-corrected chi connectivity index (χ0v) is 14.4. The smallest absolute Gasteiger partial charge is 0.279 e. The molecule has 3 amide bonds. The van der Waals surface area contributed by atoms with E-state index >= 15 is 0 Å². The van der Waals surface area contributed by atoms with Crippen LogP contribution in [-0.4, -0.2) is 28.8 Å². The minimum atomic E-state index is -0.805. The number of carbonyl (C=O) groups excluding carboxylic acids is 3. The lowest BCUT2D eigenvalue weighted by Crippen LogP contribution is -2.51. The molecule has 1 heterocycles. The van der Waals surface area contributed by atoms with Crippen molar-refractivity contribution in [1.82, 2.24) is 10.4 Å². The molecule has 3 aliphatic rings. The minimum Gasteiger partial charge on any atom is -0.481 e. The molecule has 5 atom stereocenters. The molecule has 0 spiro atoms. The molecule has 1 aromatic rings. The van der Waals surface area contributed by atoms with Crippen molar-refractivity contribution in [3.63, 3.8) is 0 Å². The third-order valence-electron chi connectivity index (χ3n) is 5.85. The van der Waals surface area contributed by atoms with Gasteiger partial charge in [0.15, 0.2) is 6.10 Å². The van der Waals surface area contributed by atoms with Crippen LogP contribution in [0.15, 0.2) is 24.3 Å². The van der Waals surface area contributed by atoms with E-state index in [0.717, 1.165) is 29.8 Å². The Labute approximate surface area is 146 Å². The maximum Gasteiger partial charge on any atom is 0.279 e. The van der Waals surface area contributed by atoms with Gasteiger partial charge in [0.25, 0.3) is 17.7 Å². The highest BCUT2D eigenvalue weighted by Gasteiger charge is 2.61. The molecule has 132 valence electrons. The highest BCUT2D eigenvalue weighted by atomic mass is 16.5. The predicted molar refractivity (Wildman–Crippen MR) is 89.1 cm³/mol. The Kier molecular flexibility index (Phi) is 3.78. The van der Waals surface area contributed by atoms with Crippen LogP contribution in [0.25, 0.3) is 0 Å². The summed E-state index contributed by atoms with van der Waals surface area (Å²) in [6, 6.07) is 7.36. The van der Waals surface area contributed by atoms with Crippen molar-refractivity contribution >= 4 is 17.7 Å². The van der Waals surface area contributed by atoms with Crippen molar-refractivity contribution < 1.29 is 19.1 Å². The van der Waals surface area contributed by atoms with Gasteiger partial charge in [-0.05, 0) is 57.1 Å². The van der Waals surface area contributed by atoms with Crippen LogP contribution < -0.4 is 10.2 Å². The molecule has 1 N–H and O–H groups in total. The van der Waals surface area contributed by atoms with Crippen LogP contribution in [0.5, 0.6) is 5.75 Å². The van der Waals surface area contributed by atoms with E-state index in [-0.39, 0.29) is 23.7 Å². The van der Waals surface area contributed by atoms with Crippen molar-refractivity contribution in [2.24, 2.45) is 23.7 Å². The van der Waals surface area contributed by atoms with Gasteiger partial charge < -0.3 is 4.74 Å². The lowest BCUT2D eigenvalue weighted by atomic mass is 9.81. The molecule has 2 aliphatic carbocycles. The Morgan fingerprint density at radius 2 is 1.68 bits per heavy atom. The van der Waals surface area contributed by atoms with Gasteiger partial charge in [0.05, 0.1) is 11.8 Å². The number of hydrogen-bond acceptors (Lipinski definition) is 4. The molecular formula is C19H22N2O4. The summed E-state index contributed by atoms with van der Waals surface area (Å²) in [4.78, 5) is 37.6. The average molecular weight is 342 g/mol. The monoisotopic (exact) mass is 342 g/mol. The fourth-order valence-electron chi connectivity index (χ4n) is 4.59. The maximum atomic E-state index is 12.6. The van der Waals surface area contributed by atoms with E-state index in [1.54, 1.807) is 19.1 Å². The van der Waals surface area contributed by atoms with Gasteiger partial charge in [0.1, 0.15) is 5.75 Å².